The lowest BCUT2D eigenvalue weighted by Gasteiger charge is -2.31. The molecule has 0 aromatic carbocycles. The zero-order chi connectivity index (χ0) is 10.9. The van der Waals surface area contributed by atoms with Crippen molar-refractivity contribution in [2.45, 2.75) is 54.1 Å². The van der Waals surface area contributed by atoms with Crippen molar-refractivity contribution >= 4 is 5.97 Å². The first-order valence-corrected chi connectivity index (χ1v) is 4.81. The molecule has 0 heterocycles. The smallest absolute Gasteiger partial charge is 0.312 e. The molecular weight excluding hydrogens is 164 g/mol. The van der Waals surface area contributed by atoms with Crippen LogP contribution in [0.5, 0.6) is 0 Å². The van der Waals surface area contributed by atoms with Crippen LogP contribution in [0.2, 0.25) is 0 Å². The third-order valence-electron chi connectivity index (χ3n) is 2.37. The summed E-state index contributed by atoms with van der Waals surface area (Å²) in [5.41, 5.74) is -0.781. The molecule has 13 heavy (non-hydrogen) atoms. The highest BCUT2D eigenvalue weighted by atomic mass is 16.6. The van der Waals surface area contributed by atoms with Crippen molar-refractivity contribution in [2.75, 3.05) is 0 Å². The van der Waals surface area contributed by atoms with E-state index in [1.807, 2.05) is 48.5 Å². The molecule has 0 atom stereocenters. The first-order valence-electron chi connectivity index (χ1n) is 4.81. The van der Waals surface area contributed by atoms with Gasteiger partial charge < -0.3 is 4.74 Å². The van der Waals surface area contributed by atoms with Gasteiger partial charge in [0.25, 0.3) is 0 Å². The van der Waals surface area contributed by atoms with Crippen LogP contribution in [0.3, 0.4) is 0 Å². The Kier molecular flexibility index (Phi) is 3.54. The van der Waals surface area contributed by atoms with Crippen LogP contribution in [0.4, 0.5) is 0 Å². The maximum absolute atomic E-state index is 11.7. The summed E-state index contributed by atoms with van der Waals surface area (Å²) in [7, 11) is 0. The molecule has 2 nitrogen and oxygen atoms in total. The minimum atomic E-state index is -0.396. The Hall–Kier alpha value is -0.530. The zero-order valence-electron chi connectivity index (χ0n) is 9.89. The number of esters is 1. The van der Waals surface area contributed by atoms with E-state index in [1.165, 1.54) is 0 Å². The Labute approximate surface area is 81.7 Å². The van der Waals surface area contributed by atoms with Gasteiger partial charge in [-0.15, -0.1) is 0 Å². The maximum Gasteiger partial charge on any atom is 0.312 e. The van der Waals surface area contributed by atoms with Crippen LogP contribution in [0.15, 0.2) is 0 Å². The summed E-state index contributed by atoms with van der Waals surface area (Å²) in [6, 6.07) is 0. The van der Waals surface area contributed by atoms with E-state index < -0.39 is 5.41 Å². The van der Waals surface area contributed by atoms with E-state index in [0.717, 1.165) is 0 Å². The van der Waals surface area contributed by atoms with Gasteiger partial charge in [0.05, 0.1) is 5.41 Å². The van der Waals surface area contributed by atoms with E-state index in [4.69, 9.17) is 4.74 Å². The Morgan fingerprint density at radius 3 is 1.69 bits per heavy atom. The Morgan fingerprint density at radius 1 is 1.08 bits per heavy atom. The van der Waals surface area contributed by atoms with Crippen LogP contribution in [0.25, 0.3) is 0 Å². The number of ether oxygens (including phenoxy) is 1. The molecule has 0 unspecified atom stereocenters. The summed E-state index contributed by atoms with van der Waals surface area (Å²) < 4.78 is 5.32. The Morgan fingerprint density at radius 2 is 1.46 bits per heavy atom. The number of hydrogen-bond acceptors (Lipinski definition) is 2. The summed E-state index contributed by atoms with van der Waals surface area (Å²) in [6.07, 6.45) is 0. The van der Waals surface area contributed by atoms with E-state index in [0.29, 0.717) is 5.92 Å². The van der Waals surface area contributed by atoms with Gasteiger partial charge in [-0.1, -0.05) is 13.8 Å². The highest BCUT2D eigenvalue weighted by Gasteiger charge is 2.35. The summed E-state index contributed by atoms with van der Waals surface area (Å²) in [6.45, 7) is 13.6. The molecule has 0 aromatic rings. The average Bonchev–Trinajstić information content (AvgIpc) is 1.82. The van der Waals surface area contributed by atoms with Crippen molar-refractivity contribution in [3.05, 3.63) is 0 Å². The van der Waals surface area contributed by atoms with E-state index in [-0.39, 0.29) is 11.6 Å². The number of carbonyl (C=O) groups is 1. The van der Waals surface area contributed by atoms with Gasteiger partial charge in [-0.05, 0) is 40.5 Å². The summed E-state index contributed by atoms with van der Waals surface area (Å²) in [5, 5.41) is 0. The molecule has 0 fully saturated rings. The fourth-order valence-electron chi connectivity index (χ4n) is 0.645. The van der Waals surface area contributed by atoms with Crippen molar-refractivity contribution in [3.63, 3.8) is 0 Å². The number of carbonyl (C=O) groups excluding carboxylic acids is 1. The van der Waals surface area contributed by atoms with Gasteiger partial charge in [0, 0.05) is 0 Å². The van der Waals surface area contributed by atoms with Crippen LogP contribution >= 0.6 is 0 Å². The van der Waals surface area contributed by atoms with E-state index in [9.17, 15) is 4.79 Å². The molecule has 0 aliphatic heterocycles. The van der Waals surface area contributed by atoms with Gasteiger partial charge >= 0.3 is 5.97 Å². The lowest BCUT2D eigenvalue weighted by Crippen LogP contribution is -2.37. The van der Waals surface area contributed by atoms with Gasteiger partial charge in [-0.2, -0.15) is 0 Å². The average molecular weight is 186 g/mol. The van der Waals surface area contributed by atoms with Crippen LogP contribution in [0.1, 0.15) is 48.5 Å². The first kappa shape index (κ1) is 12.5. The molecule has 2 heteroatoms. The monoisotopic (exact) mass is 186 g/mol. The Balaban J connectivity index is 4.44. The standard InChI is InChI=1S/C11H22O2/c1-8(2)11(6,7)9(12)13-10(3,4)5/h8H,1-7H3. The lowest BCUT2D eigenvalue weighted by molar-refractivity contribution is -0.168. The van der Waals surface area contributed by atoms with Crippen LogP contribution in [-0.4, -0.2) is 11.6 Å². The molecular formula is C11H22O2. The summed E-state index contributed by atoms with van der Waals surface area (Å²) in [4.78, 5) is 11.7. The van der Waals surface area contributed by atoms with Crippen molar-refractivity contribution in [2.24, 2.45) is 11.3 Å². The second-order valence-corrected chi connectivity index (χ2v) is 5.38. The van der Waals surface area contributed by atoms with Crippen molar-refractivity contribution in [3.8, 4) is 0 Å². The maximum atomic E-state index is 11.7. The number of hydrogen-bond donors (Lipinski definition) is 0. The van der Waals surface area contributed by atoms with Crippen LogP contribution in [0, 0.1) is 11.3 Å². The minimum absolute atomic E-state index is 0.116. The largest absolute Gasteiger partial charge is 0.460 e. The molecule has 0 bridgehead atoms. The minimum Gasteiger partial charge on any atom is -0.460 e. The molecule has 0 N–H and O–H groups in total. The third-order valence-corrected chi connectivity index (χ3v) is 2.37. The molecule has 0 saturated heterocycles. The second-order valence-electron chi connectivity index (χ2n) is 5.38. The highest BCUT2D eigenvalue weighted by Crippen LogP contribution is 2.29. The highest BCUT2D eigenvalue weighted by molar-refractivity contribution is 5.76. The molecule has 78 valence electrons. The van der Waals surface area contributed by atoms with Gasteiger partial charge in [0.2, 0.25) is 0 Å². The molecule has 0 aromatic heterocycles. The Bertz CT molecular complexity index is 185. The quantitative estimate of drug-likeness (QED) is 0.620. The fourth-order valence-corrected chi connectivity index (χ4v) is 0.645. The predicted molar refractivity (Wildman–Crippen MR) is 54.5 cm³/mol. The predicted octanol–water partition coefficient (Wildman–Crippen LogP) is 3.01. The van der Waals surface area contributed by atoms with Gasteiger partial charge in [-0.3, -0.25) is 4.79 Å². The summed E-state index contributed by atoms with van der Waals surface area (Å²) in [5.74, 6) is 0.178. The van der Waals surface area contributed by atoms with E-state index in [2.05, 4.69) is 0 Å². The molecule has 0 aliphatic rings. The van der Waals surface area contributed by atoms with Gasteiger partial charge in [0.1, 0.15) is 5.60 Å². The topological polar surface area (TPSA) is 26.3 Å². The zero-order valence-corrected chi connectivity index (χ0v) is 9.89. The first-order chi connectivity index (χ1) is 5.57. The fraction of sp³-hybridized carbons (Fsp3) is 0.909. The molecule has 0 rings (SSSR count). The van der Waals surface area contributed by atoms with Crippen molar-refractivity contribution in [1.29, 1.82) is 0 Å². The van der Waals surface area contributed by atoms with E-state index >= 15 is 0 Å². The second kappa shape index (κ2) is 3.69. The van der Waals surface area contributed by atoms with Crippen LogP contribution in [-0.2, 0) is 9.53 Å². The normalized spacial score (nSPS) is 13.2. The molecule has 0 spiro atoms. The SMILES string of the molecule is CC(C)C(C)(C)C(=O)OC(C)(C)C. The van der Waals surface area contributed by atoms with Gasteiger partial charge in [-0.25, -0.2) is 0 Å². The van der Waals surface area contributed by atoms with E-state index in [1.54, 1.807) is 0 Å². The third kappa shape index (κ3) is 3.79. The molecule has 0 saturated carbocycles. The number of rotatable bonds is 2. The lowest BCUT2D eigenvalue weighted by atomic mass is 9.81. The van der Waals surface area contributed by atoms with Crippen LogP contribution < -0.4 is 0 Å². The molecule has 0 aliphatic carbocycles. The summed E-state index contributed by atoms with van der Waals surface area (Å²) >= 11 is 0. The van der Waals surface area contributed by atoms with Crippen molar-refractivity contribution < 1.29 is 9.53 Å². The van der Waals surface area contributed by atoms with Gasteiger partial charge in [0.15, 0.2) is 0 Å². The van der Waals surface area contributed by atoms with Crippen molar-refractivity contribution in [1.82, 2.24) is 0 Å². The molecule has 0 radical (unpaired) electrons. The molecule has 0 amide bonds.